The molecule has 2 heterocycles. The second kappa shape index (κ2) is 10.3. The van der Waals surface area contributed by atoms with Gasteiger partial charge in [-0.2, -0.15) is 0 Å². The summed E-state index contributed by atoms with van der Waals surface area (Å²) >= 11 is 0. The molecule has 7 heteroatoms. The maximum Gasteiger partial charge on any atom is 0.296 e. The number of amides is 1. The van der Waals surface area contributed by atoms with Gasteiger partial charge in [0.1, 0.15) is 23.0 Å². The number of rotatable bonds is 9. The first kappa shape index (κ1) is 23.2. The van der Waals surface area contributed by atoms with Crippen molar-refractivity contribution in [2.45, 2.75) is 32.9 Å². The van der Waals surface area contributed by atoms with Gasteiger partial charge >= 0.3 is 0 Å². The van der Waals surface area contributed by atoms with E-state index in [0.29, 0.717) is 41.6 Å². The highest BCUT2D eigenvalue weighted by molar-refractivity contribution is 6.46. The Balaban J connectivity index is 1.79. The SMILES string of the molecule is CCCOc1ccc(/C(O)=C2/C(=O)C(=O)N(Cc3ccco3)C2c2cccc(OCC)c2)cc1. The summed E-state index contributed by atoms with van der Waals surface area (Å²) in [6.07, 6.45) is 2.39. The van der Waals surface area contributed by atoms with Crippen molar-refractivity contribution in [3.63, 3.8) is 0 Å². The van der Waals surface area contributed by atoms with Crippen LogP contribution in [-0.2, 0) is 16.1 Å². The summed E-state index contributed by atoms with van der Waals surface area (Å²) in [4.78, 5) is 27.7. The predicted octanol–water partition coefficient (Wildman–Crippen LogP) is 5.09. The van der Waals surface area contributed by atoms with E-state index in [9.17, 15) is 14.7 Å². The molecule has 1 saturated heterocycles. The minimum Gasteiger partial charge on any atom is -0.507 e. The first-order valence-electron chi connectivity index (χ1n) is 11.3. The van der Waals surface area contributed by atoms with E-state index in [1.807, 2.05) is 19.9 Å². The molecular weight excluding hydrogens is 434 g/mol. The number of benzene rings is 2. The number of Topliss-reactive ketones (excluding diaryl/α,β-unsaturated/α-hetero) is 1. The molecule has 0 spiro atoms. The first-order chi connectivity index (χ1) is 16.5. The molecule has 1 aromatic heterocycles. The highest BCUT2D eigenvalue weighted by Gasteiger charge is 2.46. The third kappa shape index (κ3) is 4.69. The molecule has 1 aliphatic heterocycles. The molecule has 1 aliphatic rings. The standard InChI is InChI=1S/C27H27NO6/c1-3-14-33-20-12-10-18(11-13-20)25(29)23-24(19-7-5-8-21(16-19)32-4-2)28(27(31)26(23)30)17-22-9-6-15-34-22/h5-13,15-16,24,29H,3-4,14,17H2,1-2H3/b25-23-. The maximum absolute atomic E-state index is 13.2. The molecule has 0 saturated carbocycles. The molecule has 0 aliphatic carbocycles. The summed E-state index contributed by atoms with van der Waals surface area (Å²) in [5, 5.41) is 11.2. The average Bonchev–Trinajstić information content (AvgIpc) is 3.45. The molecule has 1 fully saturated rings. The van der Waals surface area contributed by atoms with Crippen molar-refractivity contribution in [1.82, 2.24) is 4.90 Å². The van der Waals surface area contributed by atoms with Crippen LogP contribution in [0.2, 0.25) is 0 Å². The number of nitrogens with zero attached hydrogens (tertiary/aromatic N) is 1. The lowest BCUT2D eigenvalue weighted by molar-refractivity contribution is -0.140. The largest absolute Gasteiger partial charge is 0.507 e. The van der Waals surface area contributed by atoms with Crippen molar-refractivity contribution >= 4 is 17.4 Å². The molecule has 1 N–H and O–H groups in total. The Kier molecular flexibility index (Phi) is 7.01. The predicted molar refractivity (Wildman–Crippen MR) is 126 cm³/mol. The molecule has 176 valence electrons. The van der Waals surface area contributed by atoms with E-state index in [1.165, 1.54) is 11.2 Å². The number of carbonyl (C=O) groups is 2. The van der Waals surface area contributed by atoms with Crippen LogP contribution in [-0.4, -0.2) is 34.9 Å². The number of aliphatic hydroxyl groups excluding tert-OH is 1. The van der Waals surface area contributed by atoms with Crippen molar-refractivity contribution in [2.75, 3.05) is 13.2 Å². The third-order valence-electron chi connectivity index (χ3n) is 5.53. The van der Waals surface area contributed by atoms with E-state index in [0.717, 1.165) is 6.42 Å². The van der Waals surface area contributed by atoms with Crippen LogP contribution < -0.4 is 9.47 Å². The lowest BCUT2D eigenvalue weighted by Gasteiger charge is -2.25. The summed E-state index contributed by atoms with van der Waals surface area (Å²) in [5.74, 6) is 0.118. The number of hydrogen-bond acceptors (Lipinski definition) is 6. The monoisotopic (exact) mass is 461 g/mol. The molecule has 0 bridgehead atoms. The quantitative estimate of drug-likeness (QED) is 0.271. The van der Waals surface area contributed by atoms with Crippen molar-refractivity contribution in [3.8, 4) is 11.5 Å². The van der Waals surface area contributed by atoms with E-state index in [-0.39, 0.29) is 17.9 Å². The number of carbonyl (C=O) groups excluding carboxylic acids is 2. The first-order valence-corrected chi connectivity index (χ1v) is 11.3. The lowest BCUT2D eigenvalue weighted by Crippen LogP contribution is -2.29. The van der Waals surface area contributed by atoms with Crippen molar-refractivity contribution in [1.29, 1.82) is 0 Å². The Bertz CT molecular complexity index is 1180. The van der Waals surface area contributed by atoms with Crippen LogP contribution in [0.4, 0.5) is 0 Å². The highest BCUT2D eigenvalue weighted by Crippen LogP contribution is 2.41. The molecular formula is C27H27NO6. The van der Waals surface area contributed by atoms with Gasteiger partial charge in [-0.25, -0.2) is 0 Å². The van der Waals surface area contributed by atoms with Gasteiger partial charge < -0.3 is 23.9 Å². The van der Waals surface area contributed by atoms with Gasteiger partial charge in [-0.3, -0.25) is 9.59 Å². The van der Waals surface area contributed by atoms with Crippen LogP contribution in [0.1, 0.15) is 43.2 Å². The average molecular weight is 462 g/mol. The second-order valence-corrected chi connectivity index (χ2v) is 7.88. The van der Waals surface area contributed by atoms with Crippen LogP contribution in [0, 0.1) is 0 Å². The minimum absolute atomic E-state index is 0.0208. The summed E-state index contributed by atoms with van der Waals surface area (Å²) in [6.45, 7) is 5.04. The summed E-state index contributed by atoms with van der Waals surface area (Å²) in [6, 6.07) is 16.7. The number of ketones is 1. The Hall–Kier alpha value is -4.00. The molecule has 1 atom stereocenters. The van der Waals surface area contributed by atoms with Gasteiger partial charge in [0.05, 0.1) is 37.6 Å². The van der Waals surface area contributed by atoms with Gasteiger partial charge in [0.15, 0.2) is 0 Å². The maximum atomic E-state index is 13.2. The molecule has 1 unspecified atom stereocenters. The van der Waals surface area contributed by atoms with Crippen LogP contribution in [0.3, 0.4) is 0 Å². The van der Waals surface area contributed by atoms with Gasteiger partial charge in [0, 0.05) is 5.56 Å². The second-order valence-electron chi connectivity index (χ2n) is 7.88. The Morgan fingerprint density at radius 2 is 1.79 bits per heavy atom. The number of likely N-dealkylation sites (tertiary alicyclic amines) is 1. The fourth-order valence-corrected chi connectivity index (χ4v) is 3.99. The van der Waals surface area contributed by atoms with Gasteiger partial charge in [-0.1, -0.05) is 19.1 Å². The molecule has 1 amide bonds. The molecule has 2 aromatic carbocycles. The zero-order valence-corrected chi connectivity index (χ0v) is 19.2. The van der Waals surface area contributed by atoms with Crippen molar-refractivity contribution in [3.05, 3.63) is 89.4 Å². The molecule has 7 nitrogen and oxygen atoms in total. The smallest absolute Gasteiger partial charge is 0.296 e. The topological polar surface area (TPSA) is 89.2 Å². The molecule has 0 radical (unpaired) electrons. The molecule has 3 aromatic rings. The van der Waals surface area contributed by atoms with E-state index >= 15 is 0 Å². The summed E-state index contributed by atoms with van der Waals surface area (Å²) < 4.78 is 16.7. The zero-order chi connectivity index (χ0) is 24.1. The minimum atomic E-state index is -0.804. The Labute approximate surface area is 198 Å². The number of furan rings is 1. The molecule has 34 heavy (non-hydrogen) atoms. The zero-order valence-electron chi connectivity index (χ0n) is 19.2. The fourth-order valence-electron chi connectivity index (χ4n) is 3.99. The van der Waals surface area contributed by atoms with E-state index < -0.39 is 17.7 Å². The van der Waals surface area contributed by atoms with E-state index in [4.69, 9.17) is 13.9 Å². The number of ether oxygens (including phenoxy) is 2. The normalized spacial score (nSPS) is 17.2. The summed E-state index contributed by atoms with van der Waals surface area (Å²) in [5.41, 5.74) is 1.10. The van der Waals surface area contributed by atoms with Gasteiger partial charge in [-0.15, -0.1) is 0 Å². The fraction of sp³-hybridized carbons (Fsp3) is 0.259. The van der Waals surface area contributed by atoms with Crippen LogP contribution in [0.5, 0.6) is 11.5 Å². The van der Waals surface area contributed by atoms with E-state index in [1.54, 1.807) is 54.6 Å². The summed E-state index contributed by atoms with van der Waals surface area (Å²) in [7, 11) is 0. The number of aliphatic hydroxyl groups is 1. The number of hydrogen-bond donors (Lipinski definition) is 1. The van der Waals surface area contributed by atoms with Crippen molar-refractivity contribution in [2.24, 2.45) is 0 Å². The Morgan fingerprint density at radius 1 is 1.00 bits per heavy atom. The van der Waals surface area contributed by atoms with Gasteiger partial charge in [0.25, 0.3) is 11.7 Å². The highest BCUT2D eigenvalue weighted by atomic mass is 16.5. The van der Waals surface area contributed by atoms with Crippen LogP contribution in [0.15, 0.2) is 76.9 Å². The molecule has 4 rings (SSSR count). The van der Waals surface area contributed by atoms with Gasteiger partial charge in [-0.05, 0) is 67.4 Å². The Morgan fingerprint density at radius 3 is 2.47 bits per heavy atom. The van der Waals surface area contributed by atoms with E-state index in [2.05, 4.69) is 0 Å². The van der Waals surface area contributed by atoms with Gasteiger partial charge in [0.2, 0.25) is 0 Å². The van der Waals surface area contributed by atoms with Crippen LogP contribution >= 0.6 is 0 Å². The lowest BCUT2D eigenvalue weighted by atomic mass is 9.95. The third-order valence-corrected chi connectivity index (χ3v) is 5.53. The van der Waals surface area contributed by atoms with Crippen LogP contribution in [0.25, 0.3) is 5.76 Å². The van der Waals surface area contributed by atoms with Crippen molar-refractivity contribution < 1.29 is 28.6 Å².